The van der Waals surface area contributed by atoms with Gasteiger partial charge in [0, 0.05) is 18.4 Å². The molecule has 8 fully saturated rings. The number of fused-ring (bicyclic) bond motifs is 1. The normalized spacial score (nSPS) is 49.9. The zero-order valence-corrected chi connectivity index (χ0v) is 41.4. The number of carbonyl (C=O) groups is 2. The highest BCUT2D eigenvalue weighted by Crippen LogP contribution is 2.45. The Kier molecular flexibility index (Phi) is 20.4. The first kappa shape index (κ1) is 58.9. The maximum atomic E-state index is 13.0. The molecule has 430 valence electrons. The number of carbonyl (C=O) groups excluding carboxylic acids is 2. The number of esters is 2. The predicted molar refractivity (Wildman–Crippen MR) is 245 cm³/mol. The second-order valence-electron chi connectivity index (χ2n) is 21.9. The number of hydrogen-bond acceptors (Lipinski definition) is 26. The molecule has 75 heavy (non-hydrogen) atoms. The van der Waals surface area contributed by atoms with Gasteiger partial charge in [-0.25, -0.2) is 4.79 Å². The Balaban J connectivity index is 1.05. The van der Waals surface area contributed by atoms with Crippen LogP contribution in [0.25, 0.3) is 0 Å². The van der Waals surface area contributed by atoms with Gasteiger partial charge in [0.1, 0.15) is 86.5 Å². The molecule has 0 aromatic heterocycles. The van der Waals surface area contributed by atoms with E-state index < -0.39 is 203 Å². The lowest BCUT2D eigenvalue weighted by atomic mass is 9.72. The molecule has 26 heteroatoms. The first-order valence-electron chi connectivity index (χ1n) is 26.4. The van der Waals surface area contributed by atoms with E-state index in [1.165, 1.54) is 6.08 Å². The standard InChI is InChI=1S/C49H78O26/c50-16-32-36(58)39(61)42(64)47(72-32)70-30-14-23(52)13-29-24(30)15-31(44(69-29)21-5-9-26(54)28(56)12-21)71-49-45(41(63)38(60)33(74-49)17-67-35(57)10-2-19-1-8-25(53)27(55)11-19)75-48-43(65)40(62)37(59)34(73-48)18-68-46(66)20-3-6-22(51)7-4-20/h2,10,19-34,36-45,47-56,58-65H,1,3-9,11-18H2/t19?,20?,21?,22?,23?,24?,25?,26?,27?,28?,29?,30?,31?,32-,33-,34-,36-,37-,38-,39+,40+,41+,42-,43-,44?,45-,47-,48+,49-/m1/s1. The average molecular weight is 1080 g/mol. The van der Waals surface area contributed by atoms with Crippen LogP contribution in [0.1, 0.15) is 83.5 Å². The van der Waals surface area contributed by atoms with Crippen LogP contribution in [0, 0.1) is 23.7 Å². The van der Waals surface area contributed by atoms with Gasteiger partial charge in [0.2, 0.25) is 0 Å². The van der Waals surface area contributed by atoms with Crippen molar-refractivity contribution in [3.63, 3.8) is 0 Å². The summed E-state index contributed by atoms with van der Waals surface area (Å²) in [5, 5.41) is 161. The van der Waals surface area contributed by atoms with Crippen LogP contribution < -0.4 is 0 Å². The Morgan fingerprint density at radius 3 is 1.71 bits per heavy atom. The molecule has 8 rings (SSSR count). The maximum absolute atomic E-state index is 13.0. The van der Waals surface area contributed by atoms with Gasteiger partial charge in [-0.1, -0.05) is 6.08 Å². The number of aliphatic hydroxyl groups is 15. The Bertz CT molecular complexity index is 1860. The maximum Gasteiger partial charge on any atom is 0.330 e. The Labute approximate surface area is 432 Å². The molecule has 0 bridgehead atoms. The lowest BCUT2D eigenvalue weighted by Crippen LogP contribution is -2.66. The minimum Gasteiger partial charge on any atom is -0.463 e. The summed E-state index contributed by atoms with van der Waals surface area (Å²) in [6.07, 6.45) is -30.7. The van der Waals surface area contributed by atoms with Gasteiger partial charge in [-0.15, -0.1) is 0 Å². The van der Waals surface area contributed by atoms with Gasteiger partial charge in [0.05, 0.1) is 73.6 Å². The zero-order valence-electron chi connectivity index (χ0n) is 41.4. The average Bonchev–Trinajstić information content (AvgIpc) is 3.39. The molecule has 4 aliphatic carbocycles. The van der Waals surface area contributed by atoms with Gasteiger partial charge in [0.25, 0.3) is 0 Å². The smallest absolute Gasteiger partial charge is 0.330 e. The minimum atomic E-state index is -2.04. The van der Waals surface area contributed by atoms with E-state index in [0.717, 1.165) is 6.08 Å². The highest BCUT2D eigenvalue weighted by atomic mass is 16.8. The molecule has 12 unspecified atom stereocenters. The summed E-state index contributed by atoms with van der Waals surface area (Å²) in [6.45, 7) is -2.04. The van der Waals surface area contributed by atoms with Crippen molar-refractivity contribution in [3.05, 3.63) is 12.2 Å². The van der Waals surface area contributed by atoms with Crippen LogP contribution >= 0.6 is 0 Å². The second kappa shape index (κ2) is 25.9. The Hall–Kier alpha value is -2.20. The third-order valence-electron chi connectivity index (χ3n) is 16.7. The SMILES string of the molecule is O=C(C=CC1CCC(O)C(O)C1)OC[C@H]1O[C@@H](OC2CC3C(CC(O)CC3O[C@@H]3O[C@H](CO)[C@@H](O)[C@H](O)[C@H]3O)OC2C2CCC(O)C(O)C2)[C@H](O[C@@H]2O[C@H](COC(=O)C3CCC(O)CC3)[C@@H](O)[C@H](O)[C@H]2O)[C@@H](O)[C@@H]1O. The minimum absolute atomic E-state index is 0.0205. The van der Waals surface area contributed by atoms with Gasteiger partial charge >= 0.3 is 11.9 Å². The Morgan fingerprint density at radius 2 is 1.05 bits per heavy atom. The Morgan fingerprint density at radius 1 is 0.480 bits per heavy atom. The fourth-order valence-electron chi connectivity index (χ4n) is 12.0. The van der Waals surface area contributed by atoms with Crippen LogP contribution in [-0.4, -0.2) is 262 Å². The number of hydrogen-bond donors (Lipinski definition) is 15. The molecule has 4 saturated heterocycles. The van der Waals surface area contributed by atoms with Crippen molar-refractivity contribution in [1.82, 2.24) is 0 Å². The van der Waals surface area contributed by atoms with E-state index in [0.29, 0.717) is 44.9 Å². The third kappa shape index (κ3) is 13.9. The lowest BCUT2D eigenvalue weighted by molar-refractivity contribution is -0.380. The van der Waals surface area contributed by atoms with Crippen LogP contribution in [0.15, 0.2) is 12.2 Å². The summed E-state index contributed by atoms with van der Waals surface area (Å²) in [4.78, 5) is 26.0. The molecule has 8 aliphatic rings. The predicted octanol–water partition coefficient (Wildman–Crippen LogP) is -5.64. The lowest BCUT2D eigenvalue weighted by Gasteiger charge is -2.53. The number of aliphatic hydroxyl groups excluding tert-OH is 15. The first-order chi connectivity index (χ1) is 35.7. The summed E-state index contributed by atoms with van der Waals surface area (Å²) in [6, 6.07) is 0. The van der Waals surface area contributed by atoms with Gasteiger partial charge < -0.3 is 119 Å². The van der Waals surface area contributed by atoms with Crippen LogP contribution in [0.5, 0.6) is 0 Å². The van der Waals surface area contributed by atoms with Gasteiger partial charge in [-0.3, -0.25) is 4.79 Å². The molecule has 0 aromatic rings. The number of ether oxygens (including phenoxy) is 9. The van der Waals surface area contributed by atoms with Crippen molar-refractivity contribution in [1.29, 1.82) is 0 Å². The van der Waals surface area contributed by atoms with Crippen LogP contribution in [0.2, 0.25) is 0 Å². The van der Waals surface area contributed by atoms with E-state index in [4.69, 9.17) is 42.6 Å². The molecule has 4 heterocycles. The second-order valence-corrected chi connectivity index (χ2v) is 21.9. The summed E-state index contributed by atoms with van der Waals surface area (Å²) in [5.74, 6) is -3.58. The quantitative estimate of drug-likeness (QED) is 0.0537. The van der Waals surface area contributed by atoms with Crippen molar-refractivity contribution in [2.75, 3.05) is 19.8 Å². The van der Waals surface area contributed by atoms with E-state index >= 15 is 0 Å². The fourth-order valence-corrected chi connectivity index (χ4v) is 12.0. The summed E-state index contributed by atoms with van der Waals surface area (Å²) in [5.41, 5.74) is 0. The first-order valence-corrected chi connectivity index (χ1v) is 26.4. The molecule has 0 aromatic carbocycles. The molecule has 0 amide bonds. The molecule has 0 radical (unpaired) electrons. The van der Waals surface area contributed by atoms with Gasteiger partial charge in [0.15, 0.2) is 18.9 Å². The van der Waals surface area contributed by atoms with Crippen LogP contribution in [0.4, 0.5) is 0 Å². The molecule has 27 atom stereocenters. The molecule has 4 saturated carbocycles. The number of allylic oxidation sites excluding steroid dienone is 1. The largest absolute Gasteiger partial charge is 0.463 e. The van der Waals surface area contributed by atoms with Crippen molar-refractivity contribution in [2.24, 2.45) is 23.7 Å². The summed E-state index contributed by atoms with van der Waals surface area (Å²) < 4.78 is 54.7. The van der Waals surface area contributed by atoms with Crippen molar-refractivity contribution in [2.45, 2.75) is 237 Å². The summed E-state index contributed by atoms with van der Waals surface area (Å²) in [7, 11) is 0. The van der Waals surface area contributed by atoms with Crippen LogP contribution in [-0.2, 0) is 52.2 Å². The fraction of sp³-hybridized carbons (Fsp3) is 0.918. The van der Waals surface area contributed by atoms with E-state index in [1.54, 1.807) is 0 Å². The van der Waals surface area contributed by atoms with E-state index in [2.05, 4.69) is 0 Å². The third-order valence-corrected chi connectivity index (χ3v) is 16.7. The molecule has 15 N–H and O–H groups in total. The van der Waals surface area contributed by atoms with Crippen molar-refractivity contribution in [3.8, 4) is 0 Å². The van der Waals surface area contributed by atoms with Crippen molar-refractivity contribution >= 4 is 11.9 Å². The topological polar surface area (TPSA) is 421 Å². The van der Waals surface area contributed by atoms with E-state index in [9.17, 15) is 86.2 Å². The highest BCUT2D eigenvalue weighted by Gasteiger charge is 2.56. The molecular formula is C49H78O26. The van der Waals surface area contributed by atoms with Gasteiger partial charge in [-0.2, -0.15) is 0 Å². The zero-order chi connectivity index (χ0) is 54.0. The van der Waals surface area contributed by atoms with E-state index in [-0.39, 0.29) is 44.4 Å². The van der Waals surface area contributed by atoms with Crippen molar-refractivity contribution < 1.29 is 129 Å². The van der Waals surface area contributed by atoms with E-state index in [1.807, 2.05) is 0 Å². The molecule has 26 nitrogen and oxygen atoms in total. The summed E-state index contributed by atoms with van der Waals surface area (Å²) >= 11 is 0. The molecular weight excluding hydrogens is 1000 g/mol. The highest BCUT2D eigenvalue weighted by molar-refractivity contribution is 5.81. The van der Waals surface area contributed by atoms with Gasteiger partial charge in [-0.05, 0) is 88.9 Å². The monoisotopic (exact) mass is 1080 g/mol. The number of rotatable bonds is 15. The van der Waals surface area contributed by atoms with Crippen LogP contribution in [0.3, 0.4) is 0 Å². The molecule has 4 aliphatic heterocycles. The molecule has 0 spiro atoms.